The second kappa shape index (κ2) is 11.1. The molecule has 3 heterocycles. The molecule has 1 aliphatic heterocycles. The summed E-state index contributed by atoms with van der Waals surface area (Å²) in [5.74, 6) is 1.99. The number of methoxy groups -OCH3 is 1. The van der Waals surface area contributed by atoms with E-state index in [2.05, 4.69) is 30.4 Å². The summed E-state index contributed by atoms with van der Waals surface area (Å²) in [6.07, 6.45) is 2.31. The Labute approximate surface area is 221 Å². The minimum Gasteiger partial charge on any atom is -0.481 e. The molecular weight excluding hydrogens is 504 g/mol. The Hall–Kier alpha value is -4.09. The van der Waals surface area contributed by atoms with Crippen LogP contribution in [0, 0.1) is 0 Å². The number of carbonyl (C=O) groups excluding carboxylic acids is 1. The molecule has 0 atom stereocenters. The standard InChI is InChI=1S/C27H28N6O4S/c1-37-25-10-5-19(17-28-25)16-24-30-26(32-31-24)21-6-8-23(9-7-21)29-27(34)22-4-2-3-20(15-22)18-33-11-13-38(35,36)14-12-33/h2-10,15,17H,11-14,16,18H2,1H3,(H,29,34)(H,30,31,32). The van der Waals surface area contributed by atoms with E-state index in [1.54, 1.807) is 25.4 Å². The molecule has 0 bridgehead atoms. The fourth-order valence-electron chi connectivity index (χ4n) is 4.22. The third-order valence-electron chi connectivity index (χ3n) is 6.34. The van der Waals surface area contributed by atoms with Crippen molar-refractivity contribution in [3.63, 3.8) is 0 Å². The summed E-state index contributed by atoms with van der Waals surface area (Å²) in [7, 11) is -1.34. The molecular formula is C27H28N6O4S. The summed E-state index contributed by atoms with van der Waals surface area (Å²) < 4.78 is 28.4. The molecule has 2 aromatic heterocycles. The molecule has 2 N–H and O–H groups in total. The van der Waals surface area contributed by atoms with Gasteiger partial charge >= 0.3 is 0 Å². The van der Waals surface area contributed by atoms with E-state index in [1.807, 2.05) is 48.5 Å². The molecule has 1 saturated heterocycles. The predicted molar refractivity (Wildman–Crippen MR) is 144 cm³/mol. The van der Waals surface area contributed by atoms with Gasteiger partial charge in [-0.2, -0.15) is 5.10 Å². The van der Waals surface area contributed by atoms with Crippen molar-refractivity contribution in [2.75, 3.05) is 37.0 Å². The molecule has 196 valence electrons. The van der Waals surface area contributed by atoms with Crippen molar-refractivity contribution in [3.05, 3.63) is 89.4 Å². The van der Waals surface area contributed by atoms with Crippen LogP contribution in [0.1, 0.15) is 27.3 Å². The highest BCUT2D eigenvalue weighted by Gasteiger charge is 2.21. The van der Waals surface area contributed by atoms with Crippen LogP contribution in [0.3, 0.4) is 0 Å². The van der Waals surface area contributed by atoms with Crippen LogP contribution < -0.4 is 10.1 Å². The van der Waals surface area contributed by atoms with Crippen LogP contribution in [0.2, 0.25) is 0 Å². The maximum atomic E-state index is 12.9. The van der Waals surface area contributed by atoms with E-state index in [1.165, 1.54) is 0 Å². The molecule has 4 aromatic rings. The number of benzene rings is 2. The smallest absolute Gasteiger partial charge is 0.255 e. The predicted octanol–water partition coefficient (Wildman–Crippen LogP) is 2.95. The zero-order valence-corrected chi connectivity index (χ0v) is 21.7. The number of carbonyl (C=O) groups is 1. The first-order valence-electron chi connectivity index (χ1n) is 12.2. The Balaban J connectivity index is 1.18. The number of rotatable bonds is 8. The zero-order chi connectivity index (χ0) is 26.5. The highest BCUT2D eigenvalue weighted by atomic mass is 32.2. The van der Waals surface area contributed by atoms with Crippen molar-refractivity contribution < 1.29 is 17.9 Å². The molecule has 0 saturated carbocycles. The van der Waals surface area contributed by atoms with Crippen LogP contribution in [0.25, 0.3) is 11.4 Å². The molecule has 5 rings (SSSR count). The van der Waals surface area contributed by atoms with E-state index in [0.717, 1.165) is 22.5 Å². The molecule has 0 aliphatic carbocycles. The number of H-pyrrole nitrogens is 1. The average Bonchev–Trinajstić information content (AvgIpc) is 3.39. The molecule has 1 aliphatic rings. The highest BCUT2D eigenvalue weighted by molar-refractivity contribution is 7.91. The number of hydrogen-bond donors (Lipinski definition) is 2. The monoisotopic (exact) mass is 532 g/mol. The summed E-state index contributed by atoms with van der Waals surface area (Å²) in [6.45, 7) is 1.63. The van der Waals surface area contributed by atoms with Crippen LogP contribution in [-0.2, 0) is 22.8 Å². The van der Waals surface area contributed by atoms with Gasteiger partial charge < -0.3 is 10.1 Å². The second-order valence-electron chi connectivity index (χ2n) is 9.15. The lowest BCUT2D eigenvalue weighted by Crippen LogP contribution is -2.39. The number of pyridine rings is 1. The number of amides is 1. The van der Waals surface area contributed by atoms with Crippen LogP contribution in [-0.4, -0.2) is 71.1 Å². The van der Waals surface area contributed by atoms with Crippen molar-refractivity contribution in [3.8, 4) is 17.3 Å². The van der Waals surface area contributed by atoms with E-state index in [0.29, 0.717) is 49.0 Å². The minimum atomic E-state index is -2.92. The van der Waals surface area contributed by atoms with Crippen LogP contribution in [0.4, 0.5) is 5.69 Å². The first-order chi connectivity index (χ1) is 18.4. The quantitative estimate of drug-likeness (QED) is 0.354. The van der Waals surface area contributed by atoms with Crippen LogP contribution in [0.5, 0.6) is 5.88 Å². The van der Waals surface area contributed by atoms with Crippen molar-refractivity contribution in [1.29, 1.82) is 0 Å². The molecule has 1 amide bonds. The molecule has 11 heteroatoms. The van der Waals surface area contributed by atoms with E-state index < -0.39 is 9.84 Å². The lowest BCUT2D eigenvalue weighted by atomic mass is 10.1. The minimum absolute atomic E-state index is 0.179. The van der Waals surface area contributed by atoms with Crippen LogP contribution >= 0.6 is 0 Å². The fraction of sp³-hybridized carbons (Fsp3) is 0.259. The number of aromatic nitrogens is 4. The Kier molecular flexibility index (Phi) is 7.47. The van der Waals surface area contributed by atoms with E-state index >= 15 is 0 Å². The molecule has 2 aromatic carbocycles. The van der Waals surface area contributed by atoms with Gasteiger partial charge in [-0.1, -0.05) is 18.2 Å². The van der Waals surface area contributed by atoms with E-state index in [-0.39, 0.29) is 17.4 Å². The number of aromatic amines is 1. The molecule has 1 fully saturated rings. The van der Waals surface area contributed by atoms with E-state index in [9.17, 15) is 13.2 Å². The molecule has 0 radical (unpaired) electrons. The third-order valence-corrected chi connectivity index (χ3v) is 7.95. The topological polar surface area (TPSA) is 130 Å². The maximum Gasteiger partial charge on any atom is 0.255 e. The summed E-state index contributed by atoms with van der Waals surface area (Å²) in [5.41, 5.74) is 3.98. The lowest BCUT2D eigenvalue weighted by molar-refractivity contribution is 0.102. The highest BCUT2D eigenvalue weighted by Crippen LogP contribution is 2.20. The lowest BCUT2D eigenvalue weighted by Gasteiger charge is -2.26. The third kappa shape index (κ3) is 6.42. The number of nitrogens with zero attached hydrogens (tertiary/aromatic N) is 4. The first kappa shape index (κ1) is 25.6. The van der Waals surface area contributed by atoms with Gasteiger partial charge in [-0.15, -0.1) is 0 Å². The van der Waals surface area contributed by atoms with Gasteiger partial charge in [0.15, 0.2) is 15.7 Å². The molecule has 0 unspecified atom stereocenters. The van der Waals surface area contributed by atoms with Gasteiger partial charge in [-0.25, -0.2) is 18.4 Å². The summed E-state index contributed by atoms with van der Waals surface area (Å²) in [5, 5.41) is 10.2. The summed E-state index contributed by atoms with van der Waals surface area (Å²) in [6, 6.07) is 18.5. The number of nitrogens with one attached hydrogen (secondary N) is 2. The van der Waals surface area contributed by atoms with Gasteiger partial charge in [0, 0.05) is 55.1 Å². The Morgan fingerprint density at radius 1 is 1.05 bits per heavy atom. The molecule has 38 heavy (non-hydrogen) atoms. The SMILES string of the molecule is COc1ccc(Cc2nc(-c3ccc(NC(=O)c4cccc(CN5CCS(=O)(=O)CC5)c4)cc3)n[nH]2)cn1. The van der Waals surface area contributed by atoms with E-state index in [4.69, 9.17) is 4.74 Å². The largest absolute Gasteiger partial charge is 0.481 e. The van der Waals surface area contributed by atoms with Crippen molar-refractivity contribution >= 4 is 21.4 Å². The number of sulfone groups is 1. The summed E-state index contributed by atoms with van der Waals surface area (Å²) >= 11 is 0. The van der Waals surface area contributed by atoms with Gasteiger partial charge in [-0.3, -0.25) is 14.8 Å². The van der Waals surface area contributed by atoms with Gasteiger partial charge in [0.25, 0.3) is 5.91 Å². The average molecular weight is 533 g/mol. The van der Waals surface area contributed by atoms with Gasteiger partial charge in [0.2, 0.25) is 5.88 Å². The number of ether oxygens (including phenoxy) is 1. The fourth-order valence-corrected chi connectivity index (χ4v) is 5.49. The number of anilines is 1. The summed E-state index contributed by atoms with van der Waals surface area (Å²) in [4.78, 5) is 23.7. The normalized spacial score (nSPS) is 15.2. The number of hydrogen-bond acceptors (Lipinski definition) is 8. The van der Waals surface area contributed by atoms with Crippen molar-refractivity contribution in [2.24, 2.45) is 0 Å². The Morgan fingerprint density at radius 3 is 2.55 bits per heavy atom. The molecule has 0 spiro atoms. The van der Waals surface area contributed by atoms with Gasteiger partial charge in [0.05, 0.1) is 18.6 Å². The van der Waals surface area contributed by atoms with Gasteiger partial charge in [-0.05, 0) is 47.5 Å². The molecule has 10 nitrogen and oxygen atoms in total. The van der Waals surface area contributed by atoms with Gasteiger partial charge in [0.1, 0.15) is 5.82 Å². The second-order valence-corrected chi connectivity index (χ2v) is 11.5. The van der Waals surface area contributed by atoms with Crippen LogP contribution in [0.15, 0.2) is 66.9 Å². The Morgan fingerprint density at radius 2 is 1.84 bits per heavy atom. The van der Waals surface area contributed by atoms with Crippen molar-refractivity contribution in [1.82, 2.24) is 25.1 Å². The zero-order valence-electron chi connectivity index (χ0n) is 20.9. The van der Waals surface area contributed by atoms with Crippen molar-refractivity contribution in [2.45, 2.75) is 13.0 Å². The maximum absolute atomic E-state index is 12.9. The Bertz CT molecular complexity index is 1500. The first-order valence-corrected chi connectivity index (χ1v) is 14.0.